The Kier molecular flexibility index (Phi) is 3.56. The minimum atomic E-state index is -1.00. The molecule has 5 atom stereocenters. The summed E-state index contributed by atoms with van der Waals surface area (Å²) < 4.78 is 6.10. The average molecular weight is 360 g/mol. The molecule has 1 N–H and O–H groups in total. The van der Waals surface area contributed by atoms with Gasteiger partial charge in [0, 0.05) is 10.7 Å². The quantitative estimate of drug-likeness (QED) is 0.839. The van der Waals surface area contributed by atoms with Crippen molar-refractivity contribution < 1.29 is 19.4 Å². The molecule has 5 nitrogen and oxygen atoms in total. The number of benzene rings is 1. The normalized spacial score (nSPS) is 35.3. The largest absolute Gasteiger partial charge is 0.481 e. The molecule has 1 aromatic rings. The third-order valence-electron chi connectivity index (χ3n) is 5.34. The summed E-state index contributed by atoms with van der Waals surface area (Å²) >= 11 is 6.11. The van der Waals surface area contributed by atoms with Crippen LogP contribution in [0.15, 0.2) is 48.6 Å². The minimum Gasteiger partial charge on any atom is -0.481 e. The predicted octanol–water partition coefficient (Wildman–Crippen LogP) is 3.05. The highest BCUT2D eigenvalue weighted by Crippen LogP contribution is 2.56. The molecule has 2 saturated heterocycles. The molecule has 3 aliphatic heterocycles. The number of carbonyl (C=O) groups excluding carboxylic acids is 1. The van der Waals surface area contributed by atoms with E-state index in [0.29, 0.717) is 17.1 Å². The topological polar surface area (TPSA) is 66.8 Å². The number of nitrogens with zero attached hydrogens (tertiary/aromatic N) is 1. The van der Waals surface area contributed by atoms with Crippen LogP contribution in [0.3, 0.4) is 0 Å². The Morgan fingerprint density at radius 1 is 1.48 bits per heavy atom. The van der Waals surface area contributed by atoms with Gasteiger partial charge in [0.05, 0.1) is 18.1 Å². The van der Waals surface area contributed by atoms with Crippen LogP contribution in [-0.2, 0) is 14.3 Å². The second-order valence-corrected chi connectivity index (χ2v) is 7.44. The van der Waals surface area contributed by atoms with E-state index in [1.807, 2.05) is 13.0 Å². The molecule has 130 valence electrons. The summed E-state index contributed by atoms with van der Waals surface area (Å²) in [4.78, 5) is 26.7. The molecule has 0 radical (unpaired) electrons. The second-order valence-electron chi connectivity index (χ2n) is 7.00. The molecule has 2 fully saturated rings. The van der Waals surface area contributed by atoms with E-state index in [1.54, 1.807) is 35.2 Å². The number of hydrogen-bond acceptors (Lipinski definition) is 3. The van der Waals surface area contributed by atoms with E-state index in [-0.39, 0.29) is 11.9 Å². The highest BCUT2D eigenvalue weighted by atomic mass is 35.5. The van der Waals surface area contributed by atoms with Gasteiger partial charge in [-0.1, -0.05) is 35.4 Å². The van der Waals surface area contributed by atoms with Crippen molar-refractivity contribution in [3.05, 3.63) is 53.6 Å². The molecule has 6 heteroatoms. The van der Waals surface area contributed by atoms with E-state index in [4.69, 9.17) is 16.3 Å². The zero-order valence-corrected chi connectivity index (χ0v) is 14.4. The van der Waals surface area contributed by atoms with Crippen LogP contribution in [0.4, 0.5) is 5.69 Å². The van der Waals surface area contributed by atoms with Crippen molar-refractivity contribution in [3.8, 4) is 0 Å². The van der Waals surface area contributed by atoms with Crippen LogP contribution < -0.4 is 4.90 Å². The molecule has 3 aliphatic rings. The first kappa shape index (κ1) is 16.4. The van der Waals surface area contributed by atoms with Crippen LogP contribution in [0.25, 0.3) is 0 Å². The average Bonchev–Trinajstić information content (AvgIpc) is 3.16. The van der Waals surface area contributed by atoms with E-state index in [9.17, 15) is 14.7 Å². The van der Waals surface area contributed by atoms with Gasteiger partial charge in [0.25, 0.3) is 0 Å². The van der Waals surface area contributed by atoms with Crippen molar-refractivity contribution in [2.75, 3.05) is 4.90 Å². The van der Waals surface area contributed by atoms with Crippen molar-refractivity contribution in [1.29, 1.82) is 0 Å². The number of halogens is 1. The summed E-state index contributed by atoms with van der Waals surface area (Å²) in [5.41, 5.74) is 0.628. The van der Waals surface area contributed by atoms with Gasteiger partial charge in [0.2, 0.25) is 5.91 Å². The molecule has 0 saturated carbocycles. The monoisotopic (exact) mass is 359 g/mol. The first-order chi connectivity index (χ1) is 11.8. The molecule has 2 bridgehead atoms. The summed E-state index contributed by atoms with van der Waals surface area (Å²) in [7, 11) is 0. The fourth-order valence-electron chi connectivity index (χ4n) is 4.45. The molecular formula is C19H18ClNO4. The Hall–Kier alpha value is -2.11. The van der Waals surface area contributed by atoms with Gasteiger partial charge in [0.15, 0.2) is 0 Å². The highest BCUT2D eigenvalue weighted by Gasteiger charge is 2.71. The van der Waals surface area contributed by atoms with Gasteiger partial charge in [-0.25, -0.2) is 0 Å². The number of carbonyl (C=O) groups is 2. The standard InChI is InChI=1S/C19H18ClNO4/c1-10(2)8-14-19-7-6-13(25-19)15(18(23)24)16(19)17(22)21(14)12-5-3-4-11(20)9-12/h3-7,9,13-16H,1,8H2,2H3,(H,23,24)/t13-,14+,15-,16+,19-/m1/s1. The Bertz CT molecular complexity index is 819. The van der Waals surface area contributed by atoms with Crippen LogP contribution >= 0.6 is 11.6 Å². The minimum absolute atomic E-state index is 0.229. The van der Waals surface area contributed by atoms with Crippen LogP contribution in [0, 0.1) is 11.8 Å². The number of amides is 1. The first-order valence-electron chi connectivity index (χ1n) is 8.18. The Balaban J connectivity index is 1.85. The second kappa shape index (κ2) is 5.44. The van der Waals surface area contributed by atoms with Crippen molar-refractivity contribution in [1.82, 2.24) is 0 Å². The lowest BCUT2D eigenvalue weighted by molar-refractivity contribution is -0.146. The van der Waals surface area contributed by atoms with Crippen molar-refractivity contribution in [3.63, 3.8) is 0 Å². The van der Waals surface area contributed by atoms with Crippen LogP contribution in [-0.4, -0.2) is 34.7 Å². The van der Waals surface area contributed by atoms with E-state index in [1.165, 1.54) is 0 Å². The number of carboxylic acid groups (broad SMARTS) is 1. The number of carboxylic acids is 1. The lowest BCUT2D eigenvalue weighted by Crippen LogP contribution is -2.45. The van der Waals surface area contributed by atoms with Gasteiger partial charge in [0.1, 0.15) is 11.5 Å². The highest BCUT2D eigenvalue weighted by molar-refractivity contribution is 6.31. The van der Waals surface area contributed by atoms with Gasteiger partial charge in [-0.15, -0.1) is 6.58 Å². The molecule has 1 aromatic carbocycles. The van der Waals surface area contributed by atoms with Crippen LogP contribution in [0.2, 0.25) is 5.02 Å². The molecule has 0 unspecified atom stereocenters. The molecule has 25 heavy (non-hydrogen) atoms. The zero-order valence-electron chi connectivity index (χ0n) is 13.7. The number of aliphatic carboxylic acids is 1. The third kappa shape index (κ3) is 2.19. The fourth-order valence-corrected chi connectivity index (χ4v) is 4.63. The summed E-state index contributed by atoms with van der Waals surface area (Å²) in [5, 5.41) is 10.2. The maximum atomic E-state index is 13.3. The maximum absolute atomic E-state index is 13.3. The molecule has 4 rings (SSSR count). The first-order valence-corrected chi connectivity index (χ1v) is 8.56. The van der Waals surface area contributed by atoms with Crippen molar-refractivity contribution in [2.45, 2.75) is 31.1 Å². The molecule has 0 aromatic heterocycles. The predicted molar refractivity (Wildman–Crippen MR) is 93.5 cm³/mol. The molecule has 1 amide bonds. The van der Waals surface area contributed by atoms with E-state index < -0.39 is 29.5 Å². The molecule has 3 heterocycles. The zero-order chi connectivity index (χ0) is 17.9. The van der Waals surface area contributed by atoms with E-state index in [0.717, 1.165) is 5.57 Å². The smallest absolute Gasteiger partial charge is 0.310 e. The Morgan fingerprint density at radius 3 is 2.88 bits per heavy atom. The number of anilines is 1. The third-order valence-corrected chi connectivity index (χ3v) is 5.57. The lowest BCUT2D eigenvalue weighted by atomic mass is 9.74. The summed E-state index contributed by atoms with van der Waals surface area (Å²) in [6.07, 6.45) is 3.62. The van der Waals surface area contributed by atoms with Gasteiger partial charge >= 0.3 is 5.97 Å². The van der Waals surface area contributed by atoms with Crippen LogP contribution in [0.5, 0.6) is 0 Å². The Labute approximate surface area is 150 Å². The van der Waals surface area contributed by atoms with E-state index in [2.05, 4.69) is 6.58 Å². The van der Waals surface area contributed by atoms with E-state index >= 15 is 0 Å². The number of fused-ring (bicyclic) bond motifs is 1. The fraction of sp³-hybridized carbons (Fsp3) is 0.368. The summed E-state index contributed by atoms with van der Waals surface area (Å²) in [6.45, 7) is 5.87. The van der Waals surface area contributed by atoms with Gasteiger partial charge in [-0.2, -0.15) is 0 Å². The van der Waals surface area contributed by atoms with Gasteiger partial charge < -0.3 is 14.7 Å². The van der Waals surface area contributed by atoms with Crippen molar-refractivity contribution >= 4 is 29.2 Å². The van der Waals surface area contributed by atoms with Crippen LogP contribution in [0.1, 0.15) is 13.3 Å². The Morgan fingerprint density at radius 2 is 2.24 bits per heavy atom. The maximum Gasteiger partial charge on any atom is 0.310 e. The SMILES string of the molecule is C=C(C)C[C@@H]1N(c2cccc(Cl)c2)C(=O)[C@@H]2[C@H](C(=O)O)[C@H]3C=C[C@]21O3. The number of ether oxygens (including phenoxy) is 1. The number of hydrogen-bond donors (Lipinski definition) is 1. The molecule has 0 aliphatic carbocycles. The number of rotatable bonds is 4. The lowest BCUT2D eigenvalue weighted by Gasteiger charge is -2.33. The van der Waals surface area contributed by atoms with Crippen molar-refractivity contribution in [2.24, 2.45) is 11.8 Å². The molecule has 1 spiro atoms. The van der Waals surface area contributed by atoms with Gasteiger partial charge in [-0.05, 0) is 31.5 Å². The summed E-state index contributed by atoms with van der Waals surface area (Å²) in [5.74, 6) is -2.83. The summed E-state index contributed by atoms with van der Waals surface area (Å²) in [6, 6.07) is 6.69. The van der Waals surface area contributed by atoms with Gasteiger partial charge in [-0.3, -0.25) is 9.59 Å². The molecular weight excluding hydrogens is 342 g/mol.